The number of hydrogen-bond acceptors (Lipinski definition) is 4. The summed E-state index contributed by atoms with van der Waals surface area (Å²) in [6.45, 7) is 2.06. The van der Waals surface area contributed by atoms with Crippen LogP contribution in [0.2, 0.25) is 0 Å². The Morgan fingerprint density at radius 1 is 1.00 bits per heavy atom. The molecule has 0 unspecified atom stereocenters. The van der Waals surface area contributed by atoms with E-state index in [1.807, 2.05) is 72.9 Å². The number of nitrogens with zero attached hydrogens (tertiary/aromatic N) is 2. The molecule has 2 aromatic heterocycles. The van der Waals surface area contributed by atoms with Crippen molar-refractivity contribution in [1.29, 1.82) is 0 Å². The van der Waals surface area contributed by atoms with Crippen molar-refractivity contribution < 1.29 is 10.5 Å². The highest BCUT2D eigenvalue weighted by Gasteiger charge is 2.07. The lowest BCUT2D eigenvalue weighted by Gasteiger charge is -2.12. The van der Waals surface area contributed by atoms with Gasteiger partial charge in [0.1, 0.15) is 0 Å². The van der Waals surface area contributed by atoms with Crippen molar-refractivity contribution in [3.63, 3.8) is 0 Å². The van der Waals surface area contributed by atoms with Crippen molar-refractivity contribution in [2.24, 2.45) is 0 Å². The van der Waals surface area contributed by atoms with Gasteiger partial charge in [-0.1, -0.05) is 31.2 Å². The number of urea groups is 1. The van der Waals surface area contributed by atoms with Gasteiger partial charge in [0.25, 0.3) is 0 Å². The number of carbonyl (C=O) groups is 1. The molecular formula is C23H30N6O. The Bertz CT molecular complexity index is 1160. The molecule has 4 rings (SSSR count). The van der Waals surface area contributed by atoms with Crippen LogP contribution >= 0.6 is 0 Å². The highest BCUT2D eigenvalue weighted by Crippen LogP contribution is 2.21. The molecule has 4 aromatic rings. The first-order chi connectivity index (χ1) is 14.7. The van der Waals surface area contributed by atoms with E-state index >= 15 is 0 Å². The number of amides is 2. The minimum Gasteiger partial charge on any atom is -0.360 e. The third kappa shape index (κ3) is 4.64. The first-order valence-corrected chi connectivity index (χ1v) is 9.71. The second kappa shape index (κ2) is 8.91. The standard InChI is InChI=1S/C23H22N6O.4H2/c1-2-16-7-3-4-10-19(16)29-23(30)27-18-9-5-8-17(15-18)26-22-25-14-12-21(28-22)20-11-6-13-24-20;;;;/h3-15,24H,2H2,1H3,(H,25,26,28)(H2,27,29,30);4*1H. The number of rotatable bonds is 6. The molecule has 158 valence electrons. The first kappa shape index (κ1) is 19.2. The van der Waals surface area contributed by atoms with E-state index in [1.165, 1.54) is 0 Å². The van der Waals surface area contributed by atoms with E-state index in [9.17, 15) is 4.79 Å². The van der Waals surface area contributed by atoms with Gasteiger partial charge in [0.05, 0.1) is 11.4 Å². The van der Waals surface area contributed by atoms with Gasteiger partial charge in [0.2, 0.25) is 5.95 Å². The lowest BCUT2D eigenvalue weighted by molar-refractivity contribution is 0.262. The Kier molecular flexibility index (Phi) is 5.70. The molecule has 0 saturated carbocycles. The van der Waals surface area contributed by atoms with Gasteiger partial charge in [-0.05, 0) is 54.4 Å². The van der Waals surface area contributed by atoms with Crippen molar-refractivity contribution in [2.75, 3.05) is 16.0 Å². The molecule has 2 aromatic carbocycles. The van der Waals surface area contributed by atoms with Crippen molar-refractivity contribution in [3.05, 3.63) is 84.7 Å². The SMILES string of the molecule is CCc1ccccc1NC(=O)Nc1cccc(Nc2nccc(-c3ccc[nH]3)n2)c1.[HH].[HH].[HH].[HH]. The summed E-state index contributed by atoms with van der Waals surface area (Å²) in [6, 6.07) is 20.6. The number of aryl methyl sites for hydroxylation is 1. The van der Waals surface area contributed by atoms with Crippen LogP contribution in [-0.2, 0) is 6.42 Å². The molecule has 0 aliphatic rings. The Balaban J connectivity index is 0.00000272. The Hall–Kier alpha value is -4.13. The largest absolute Gasteiger partial charge is 0.360 e. The van der Waals surface area contributed by atoms with Gasteiger partial charge in [-0.3, -0.25) is 0 Å². The number of benzene rings is 2. The number of nitrogens with one attached hydrogen (secondary N) is 4. The van der Waals surface area contributed by atoms with Crippen LogP contribution in [0.4, 0.5) is 27.8 Å². The fourth-order valence-electron chi connectivity index (χ4n) is 3.10. The summed E-state index contributed by atoms with van der Waals surface area (Å²) in [6.07, 6.45) is 4.40. The summed E-state index contributed by atoms with van der Waals surface area (Å²) >= 11 is 0. The number of para-hydroxylation sites is 1. The first-order valence-electron chi connectivity index (χ1n) is 9.71. The summed E-state index contributed by atoms with van der Waals surface area (Å²) in [4.78, 5) is 24.4. The summed E-state index contributed by atoms with van der Waals surface area (Å²) in [5.41, 5.74) is 5.03. The average molecular weight is 407 g/mol. The smallest absolute Gasteiger partial charge is 0.323 e. The van der Waals surface area contributed by atoms with Gasteiger partial charge < -0.3 is 20.9 Å². The van der Waals surface area contributed by atoms with E-state index in [0.29, 0.717) is 11.6 Å². The summed E-state index contributed by atoms with van der Waals surface area (Å²) in [5, 5.41) is 8.95. The van der Waals surface area contributed by atoms with Gasteiger partial charge in [-0.25, -0.2) is 14.8 Å². The van der Waals surface area contributed by atoms with Crippen molar-refractivity contribution in [1.82, 2.24) is 15.0 Å². The van der Waals surface area contributed by atoms with Crippen molar-refractivity contribution in [2.45, 2.75) is 13.3 Å². The molecule has 0 spiro atoms. The molecule has 0 bridgehead atoms. The van der Waals surface area contributed by atoms with Crippen LogP contribution < -0.4 is 16.0 Å². The quantitative estimate of drug-likeness (QED) is 0.298. The molecule has 0 radical (unpaired) electrons. The summed E-state index contributed by atoms with van der Waals surface area (Å²) < 4.78 is 0. The minimum atomic E-state index is -0.293. The number of hydrogen-bond donors (Lipinski definition) is 4. The number of anilines is 4. The molecule has 2 amide bonds. The van der Waals surface area contributed by atoms with Gasteiger partial charge in [-0.2, -0.15) is 0 Å². The maximum absolute atomic E-state index is 12.4. The molecule has 7 heteroatoms. The number of carbonyl (C=O) groups excluding carboxylic acids is 1. The van der Waals surface area contributed by atoms with E-state index in [1.54, 1.807) is 6.20 Å². The Morgan fingerprint density at radius 3 is 2.70 bits per heavy atom. The molecule has 0 fully saturated rings. The predicted octanol–water partition coefficient (Wildman–Crippen LogP) is 6.41. The van der Waals surface area contributed by atoms with Gasteiger partial charge >= 0.3 is 6.03 Å². The highest BCUT2D eigenvalue weighted by molar-refractivity contribution is 6.00. The lowest BCUT2D eigenvalue weighted by atomic mass is 10.1. The lowest BCUT2D eigenvalue weighted by Crippen LogP contribution is -2.20. The predicted molar refractivity (Wildman–Crippen MR) is 128 cm³/mol. The maximum atomic E-state index is 12.4. The van der Waals surface area contributed by atoms with E-state index in [0.717, 1.165) is 34.7 Å². The molecule has 7 nitrogen and oxygen atoms in total. The number of aromatic amines is 1. The van der Waals surface area contributed by atoms with Gasteiger partial charge in [0, 0.05) is 35.2 Å². The van der Waals surface area contributed by atoms with Crippen LogP contribution in [-0.4, -0.2) is 21.0 Å². The van der Waals surface area contributed by atoms with Crippen molar-refractivity contribution in [3.8, 4) is 11.4 Å². The van der Waals surface area contributed by atoms with Crippen LogP contribution in [0.5, 0.6) is 0 Å². The minimum absolute atomic E-state index is 0. The van der Waals surface area contributed by atoms with Crippen molar-refractivity contribution >= 4 is 29.0 Å². The van der Waals surface area contributed by atoms with E-state index in [-0.39, 0.29) is 11.7 Å². The van der Waals surface area contributed by atoms with Crippen LogP contribution in [0.25, 0.3) is 11.4 Å². The highest BCUT2D eigenvalue weighted by atomic mass is 16.2. The van der Waals surface area contributed by atoms with Crippen LogP contribution in [0, 0.1) is 0 Å². The Morgan fingerprint density at radius 2 is 1.87 bits per heavy atom. The van der Waals surface area contributed by atoms with Gasteiger partial charge in [-0.15, -0.1) is 0 Å². The molecule has 2 heterocycles. The van der Waals surface area contributed by atoms with Gasteiger partial charge in [0.15, 0.2) is 0 Å². The molecule has 30 heavy (non-hydrogen) atoms. The number of aromatic nitrogens is 3. The maximum Gasteiger partial charge on any atom is 0.323 e. The topological polar surface area (TPSA) is 94.7 Å². The normalized spacial score (nSPS) is 10.4. The molecular weight excluding hydrogens is 376 g/mol. The monoisotopic (exact) mass is 406 g/mol. The molecule has 0 saturated heterocycles. The molecule has 0 aliphatic carbocycles. The zero-order chi connectivity index (χ0) is 20.8. The summed E-state index contributed by atoms with van der Waals surface area (Å²) in [5.74, 6) is 0.473. The zero-order valence-corrected chi connectivity index (χ0v) is 16.5. The second-order valence-electron chi connectivity index (χ2n) is 6.64. The number of H-pyrrole nitrogens is 1. The fourth-order valence-corrected chi connectivity index (χ4v) is 3.10. The molecule has 0 aliphatic heterocycles. The molecule has 0 atom stereocenters. The van der Waals surface area contributed by atoms with Crippen LogP contribution in [0.1, 0.15) is 18.2 Å². The molecule has 4 N–H and O–H groups in total. The summed E-state index contributed by atoms with van der Waals surface area (Å²) in [7, 11) is 0. The van der Waals surface area contributed by atoms with E-state index in [4.69, 9.17) is 0 Å². The van der Waals surface area contributed by atoms with E-state index in [2.05, 4.69) is 37.8 Å². The van der Waals surface area contributed by atoms with Crippen LogP contribution in [0.15, 0.2) is 79.1 Å². The van der Waals surface area contributed by atoms with E-state index < -0.39 is 0 Å². The average Bonchev–Trinajstić information content (AvgIpc) is 3.29. The van der Waals surface area contributed by atoms with Crippen LogP contribution in [0.3, 0.4) is 0 Å². The second-order valence-corrected chi connectivity index (χ2v) is 6.64. The third-order valence-corrected chi connectivity index (χ3v) is 4.55. The zero-order valence-electron chi connectivity index (χ0n) is 16.5. The third-order valence-electron chi connectivity index (χ3n) is 4.55. The fraction of sp³-hybridized carbons (Fsp3) is 0.0870. The Labute approximate surface area is 180 Å².